The normalized spacial score (nSPS) is 20.2. The van der Waals surface area contributed by atoms with E-state index in [-0.39, 0.29) is 24.6 Å². The van der Waals surface area contributed by atoms with Crippen LogP contribution in [0.25, 0.3) is 0 Å². The fourth-order valence-corrected chi connectivity index (χ4v) is 3.51. The lowest BCUT2D eigenvalue weighted by Gasteiger charge is -2.18. The van der Waals surface area contributed by atoms with Crippen LogP contribution in [0.15, 0.2) is 0 Å². The maximum atomic E-state index is 12.1. The molecule has 0 radical (unpaired) electrons. The largest absolute Gasteiger partial charge is 0.462 e. The molecule has 0 aromatic rings. The maximum Gasteiger partial charge on any atom is 0.309 e. The molecule has 1 fully saturated rings. The molecule has 6 nitrogen and oxygen atoms in total. The Labute approximate surface area is 163 Å². The van der Waals surface area contributed by atoms with Gasteiger partial charge in [0, 0.05) is 20.3 Å². The Hall–Kier alpha value is -1.59. The zero-order valence-corrected chi connectivity index (χ0v) is 17.2. The highest BCUT2D eigenvalue weighted by Gasteiger charge is 2.36. The quantitative estimate of drug-likeness (QED) is 0.252. The molecule has 0 aromatic carbocycles. The van der Waals surface area contributed by atoms with Gasteiger partial charge in [-0.05, 0) is 19.3 Å². The van der Waals surface area contributed by atoms with Crippen LogP contribution in [0.1, 0.15) is 91.4 Å². The van der Waals surface area contributed by atoms with Crippen LogP contribution in [-0.2, 0) is 28.6 Å². The van der Waals surface area contributed by atoms with Gasteiger partial charge in [0.05, 0.1) is 5.92 Å². The van der Waals surface area contributed by atoms with Crippen molar-refractivity contribution < 1.29 is 28.6 Å². The van der Waals surface area contributed by atoms with Gasteiger partial charge in [-0.2, -0.15) is 0 Å². The minimum absolute atomic E-state index is 0.0264. The number of ether oxygens (including phenoxy) is 3. The molecule has 1 aliphatic heterocycles. The van der Waals surface area contributed by atoms with E-state index in [2.05, 4.69) is 6.92 Å². The molecular formula is C21H36O6. The molecule has 0 amide bonds. The molecule has 0 saturated carbocycles. The second-order valence-electron chi connectivity index (χ2n) is 7.52. The van der Waals surface area contributed by atoms with Crippen LogP contribution in [0, 0.1) is 5.92 Å². The van der Waals surface area contributed by atoms with Crippen molar-refractivity contribution in [1.82, 2.24) is 0 Å². The Morgan fingerprint density at radius 3 is 2.26 bits per heavy atom. The van der Waals surface area contributed by atoms with E-state index in [9.17, 15) is 14.4 Å². The van der Waals surface area contributed by atoms with Crippen molar-refractivity contribution in [2.75, 3.05) is 6.61 Å². The molecule has 1 aliphatic rings. The molecule has 3 atom stereocenters. The lowest BCUT2D eigenvalue weighted by atomic mass is 9.95. The highest BCUT2D eigenvalue weighted by Crippen LogP contribution is 2.29. The summed E-state index contributed by atoms with van der Waals surface area (Å²) in [7, 11) is 0. The minimum atomic E-state index is -0.606. The predicted molar refractivity (Wildman–Crippen MR) is 102 cm³/mol. The fraction of sp³-hybridized carbons (Fsp3) is 0.857. The Bertz CT molecular complexity index is 462. The molecule has 1 saturated heterocycles. The molecular weight excluding hydrogens is 348 g/mol. The van der Waals surface area contributed by atoms with Crippen molar-refractivity contribution in [3.8, 4) is 0 Å². The van der Waals surface area contributed by atoms with Crippen LogP contribution in [0.2, 0.25) is 0 Å². The third-order valence-corrected chi connectivity index (χ3v) is 4.90. The number of esters is 3. The van der Waals surface area contributed by atoms with Gasteiger partial charge in [0.15, 0.2) is 0 Å². The fourth-order valence-electron chi connectivity index (χ4n) is 3.51. The lowest BCUT2D eigenvalue weighted by molar-refractivity contribution is -0.158. The van der Waals surface area contributed by atoms with E-state index in [1.165, 1.54) is 58.8 Å². The lowest BCUT2D eigenvalue weighted by Crippen LogP contribution is -2.27. The highest BCUT2D eigenvalue weighted by molar-refractivity contribution is 5.74. The van der Waals surface area contributed by atoms with Crippen molar-refractivity contribution in [2.45, 2.75) is 104 Å². The summed E-state index contributed by atoms with van der Waals surface area (Å²) in [5, 5.41) is 0. The first-order valence-corrected chi connectivity index (χ1v) is 10.4. The van der Waals surface area contributed by atoms with Gasteiger partial charge < -0.3 is 14.2 Å². The number of hydrogen-bond donors (Lipinski definition) is 0. The van der Waals surface area contributed by atoms with E-state index in [1.807, 2.05) is 0 Å². The summed E-state index contributed by atoms with van der Waals surface area (Å²) in [6, 6.07) is 0. The van der Waals surface area contributed by atoms with E-state index in [0.717, 1.165) is 12.8 Å². The van der Waals surface area contributed by atoms with Gasteiger partial charge in [0.25, 0.3) is 0 Å². The second kappa shape index (κ2) is 13.6. The molecule has 156 valence electrons. The molecule has 6 heteroatoms. The van der Waals surface area contributed by atoms with Crippen molar-refractivity contribution in [2.24, 2.45) is 5.92 Å². The average Bonchev–Trinajstić information content (AvgIpc) is 2.94. The molecule has 0 N–H and O–H groups in total. The van der Waals surface area contributed by atoms with Gasteiger partial charge in [0.1, 0.15) is 18.8 Å². The minimum Gasteiger partial charge on any atom is -0.462 e. The topological polar surface area (TPSA) is 78.9 Å². The Balaban J connectivity index is 2.26. The maximum absolute atomic E-state index is 12.1. The molecule has 1 heterocycles. The third-order valence-electron chi connectivity index (χ3n) is 4.90. The molecule has 27 heavy (non-hydrogen) atoms. The third kappa shape index (κ3) is 11.0. The van der Waals surface area contributed by atoms with Gasteiger partial charge in [-0.1, -0.05) is 51.9 Å². The van der Waals surface area contributed by atoms with E-state index in [1.54, 1.807) is 0 Å². The van der Waals surface area contributed by atoms with E-state index in [4.69, 9.17) is 14.2 Å². The van der Waals surface area contributed by atoms with Crippen molar-refractivity contribution in [1.29, 1.82) is 0 Å². The summed E-state index contributed by atoms with van der Waals surface area (Å²) < 4.78 is 15.6. The second-order valence-corrected chi connectivity index (χ2v) is 7.52. The van der Waals surface area contributed by atoms with Crippen LogP contribution >= 0.6 is 0 Å². The molecule has 1 rings (SSSR count). The van der Waals surface area contributed by atoms with Crippen LogP contribution in [0.5, 0.6) is 0 Å². The first-order valence-electron chi connectivity index (χ1n) is 10.4. The Morgan fingerprint density at radius 2 is 1.67 bits per heavy atom. The molecule has 0 aromatic heterocycles. The van der Waals surface area contributed by atoms with Crippen molar-refractivity contribution >= 4 is 17.9 Å². The number of cyclic esters (lactones) is 1. The van der Waals surface area contributed by atoms with Crippen LogP contribution in [0.3, 0.4) is 0 Å². The Morgan fingerprint density at radius 1 is 1.04 bits per heavy atom. The highest BCUT2D eigenvalue weighted by atomic mass is 16.6. The van der Waals surface area contributed by atoms with Crippen molar-refractivity contribution in [3.63, 3.8) is 0 Å². The van der Waals surface area contributed by atoms with Gasteiger partial charge in [-0.15, -0.1) is 0 Å². The summed E-state index contributed by atoms with van der Waals surface area (Å²) in [6.07, 6.45) is 11.2. The van der Waals surface area contributed by atoms with Crippen LogP contribution in [-0.4, -0.2) is 36.7 Å². The number of hydrogen-bond acceptors (Lipinski definition) is 6. The zero-order chi connectivity index (χ0) is 20.1. The summed E-state index contributed by atoms with van der Waals surface area (Å²) in [6.45, 7) is 4.80. The van der Waals surface area contributed by atoms with Gasteiger partial charge in [0.2, 0.25) is 0 Å². The van der Waals surface area contributed by atoms with Gasteiger partial charge in [-0.3, -0.25) is 14.4 Å². The molecule has 3 unspecified atom stereocenters. The Kier molecular flexibility index (Phi) is 11.8. The number of rotatable bonds is 14. The summed E-state index contributed by atoms with van der Waals surface area (Å²) >= 11 is 0. The predicted octanol–water partition coefficient (Wildman–Crippen LogP) is 4.33. The van der Waals surface area contributed by atoms with E-state index < -0.39 is 18.0 Å². The number of unbranched alkanes of at least 4 members (excludes halogenated alkanes) is 7. The molecule has 0 aliphatic carbocycles. The van der Waals surface area contributed by atoms with Crippen LogP contribution in [0.4, 0.5) is 0 Å². The average molecular weight is 385 g/mol. The number of carbonyl (C=O) groups excluding carboxylic acids is 3. The van der Waals surface area contributed by atoms with E-state index in [0.29, 0.717) is 12.8 Å². The number of carbonyl (C=O) groups is 3. The van der Waals surface area contributed by atoms with E-state index >= 15 is 0 Å². The van der Waals surface area contributed by atoms with Gasteiger partial charge >= 0.3 is 17.9 Å². The standard InChI is InChI=1S/C21H36O6/c1-4-5-6-7-8-9-10-11-12-19-13-18(21(24)27-19)14-20(26-17(3)23)15-25-16(2)22/h18-20H,4-15H2,1-3H3. The summed E-state index contributed by atoms with van der Waals surface area (Å²) in [5.41, 5.74) is 0. The molecule has 0 bridgehead atoms. The van der Waals surface area contributed by atoms with Gasteiger partial charge in [-0.25, -0.2) is 0 Å². The first kappa shape index (κ1) is 23.4. The van der Waals surface area contributed by atoms with Crippen LogP contribution < -0.4 is 0 Å². The summed E-state index contributed by atoms with van der Waals surface area (Å²) in [4.78, 5) is 34.3. The summed E-state index contributed by atoms with van der Waals surface area (Å²) in [5.74, 6) is -1.42. The smallest absolute Gasteiger partial charge is 0.309 e. The SMILES string of the molecule is CCCCCCCCCCC1CC(CC(COC(C)=O)OC(C)=O)C(=O)O1. The monoisotopic (exact) mass is 384 g/mol. The first-order chi connectivity index (χ1) is 12.9. The van der Waals surface area contributed by atoms with Crippen molar-refractivity contribution in [3.05, 3.63) is 0 Å². The molecule has 0 spiro atoms. The zero-order valence-electron chi connectivity index (χ0n) is 17.2.